The Hall–Kier alpha value is -1.67. The van der Waals surface area contributed by atoms with Crippen molar-refractivity contribution in [1.29, 1.82) is 0 Å². The monoisotopic (exact) mass is 420 g/mol. The lowest BCUT2D eigenvalue weighted by Gasteiger charge is -2.42. The zero-order valence-electron chi connectivity index (χ0n) is 16.2. The first-order valence-electron chi connectivity index (χ1n) is 9.73. The number of rotatable bonds is 6. The normalized spacial score (nSPS) is 31.1. The van der Waals surface area contributed by atoms with E-state index in [0.29, 0.717) is 23.6 Å². The summed E-state index contributed by atoms with van der Waals surface area (Å²) in [6, 6.07) is 13.3. The highest BCUT2D eigenvalue weighted by molar-refractivity contribution is 6.31. The van der Waals surface area contributed by atoms with Crippen molar-refractivity contribution in [2.45, 2.75) is 43.4 Å². The van der Waals surface area contributed by atoms with Gasteiger partial charge in [0.2, 0.25) is 0 Å². The van der Waals surface area contributed by atoms with Crippen molar-refractivity contribution in [3.63, 3.8) is 0 Å². The van der Waals surface area contributed by atoms with E-state index in [2.05, 4.69) is 0 Å². The van der Waals surface area contributed by atoms with Crippen LogP contribution in [0.25, 0.3) is 0 Å². The second kappa shape index (κ2) is 7.87. The first-order valence-corrected chi connectivity index (χ1v) is 10.1. The molecule has 0 radical (unpaired) electrons. The van der Waals surface area contributed by atoms with E-state index in [1.54, 1.807) is 12.1 Å². The van der Waals surface area contributed by atoms with Crippen LogP contribution < -0.4 is 4.74 Å². The highest BCUT2D eigenvalue weighted by Gasteiger charge is 2.62. The minimum atomic E-state index is -1.33. The van der Waals surface area contributed by atoms with E-state index >= 15 is 0 Å². The average molecular weight is 421 g/mol. The van der Waals surface area contributed by atoms with E-state index in [1.807, 2.05) is 37.3 Å². The van der Waals surface area contributed by atoms with Gasteiger partial charge in [0.25, 0.3) is 0 Å². The van der Waals surface area contributed by atoms with Crippen LogP contribution in [-0.2, 0) is 21.7 Å². The molecule has 2 bridgehead atoms. The SMILES string of the molecule is CCOc1ccc(Cc2cc([C@]34C[C@@H](O)[C@H](O)[C@](CO)(CO3)O4)ccc2Cl)cc1. The maximum absolute atomic E-state index is 10.4. The minimum Gasteiger partial charge on any atom is -0.494 e. The molecule has 0 unspecified atom stereocenters. The van der Waals surface area contributed by atoms with Crippen molar-refractivity contribution in [2.24, 2.45) is 0 Å². The Morgan fingerprint density at radius 1 is 1.17 bits per heavy atom. The van der Waals surface area contributed by atoms with E-state index in [0.717, 1.165) is 16.9 Å². The van der Waals surface area contributed by atoms with Gasteiger partial charge in [0, 0.05) is 17.0 Å². The number of aliphatic hydroxyl groups excluding tert-OH is 3. The van der Waals surface area contributed by atoms with Crippen LogP contribution in [0.3, 0.4) is 0 Å². The third kappa shape index (κ3) is 3.65. The topological polar surface area (TPSA) is 88.4 Å². The molecule has 156 valence electrons. The maximum atomic E-state index is 10.4. The van der Waals surface area contributed by atoms with Gasteiger partial charge in [-0.15, -0.1) is 0 Å². The number of halogens is 1. The van der Waals surface area contributed by atoms with Crippen molar-refractivity contribution >= 4 is 11.6 Å². The first-order chi connectivity index (χ1) is 13.9. The fourth-order valence-corrected chi connectivity index (χ4v) is 4.26. The molecule has 0 aliphatic carbocycles. The fraction of sp³-hybridized carbons (Fsp3) is 0.455. The summed E-state index contributed by atoms with van der Waals surface area (Å²) in [6.07, 6.45) is -1.60. The van der Waals surface area contributed by atoms with E-state index < -0.39 is 30.2 Å². The summed E-state index contributed by atoms with van der Waals surface area (Å²) in [5, 5.41) is 31.0. The van der Waals surface area contributed by atoms with Crippen LogP contribution in [0.1, 0.15) is 30.0 Å². The van der Waals surface area contributed by atoms with Crippen LogP contribution in [0.2, 0.25) is 5.02 Å². The van der Waals surface area contributed by atoms with E-state index in [1.165, 1.54) is 0 Å². The van der Waals surface area contributed by atoms with E-state index in [-0.39, 0.29) is 13.0 Å². The molecule has 0 aromatic heterocycles. The van der Waals surface area contributed by atoms with Gasteiger partial charge in [0.15, 0.2) is 5.79 Å². The number of aliphatic hydroxyl groups is 3. The molecule has 0 spiro atoms. The molecule has 2 aliphatic heterocycles. The molecule has 7 heteroatoms. The summed E-state index contributed by atoms with van der Waals surface area (Å²) in [4.78, 5) is 0. The summed E-state index contributed by atoms with van der Waals surface area (Å²) in [7, 11) is 0. The second-order valence-electron chi connectivity index (χ2n) is 7.64. The molecular weight excluding hydrogens is 396 g/mol. The average Bonchev–Trinajstić information content (AvgIpc) is 3.07. The Bertz CT molecular complexity index is 872. The number of benzene rings is 2. The molecule has 2 aromatic carbocycles. The number of fused-ring (bicyclic) bond motifs is 2. The highest BCUT2D eigenvalue weighted by atomic mass is 35.5. The van der Waals surface area contributed by atoms with Crippen LogP contribution in [0.5, 0.6) is 5.75 Å². The molecule has 4 rings (SSSR count). The van der Waals surface area contributed by atoms with Crippen LogP contribution in [-0.4, -0.2) is 52.9 Å². The quantitative estimate of drug-likeness (QED) is 0.665. The lowest BCUT2D eigenvalue weighted by Crippen LogP contribution is -2.59. The third-order valence-corrected chi connectivity index (χ3v) is 6.05. The summed E-state index contributed by atoms with van der Waals surface area (Å²) in [5.74, 6) is -0.405. The highest BCUT2D eigenvalue weighted by Crippen LogP contribution is 2.49. The molecule has 29 heavy (non-hydrogen) atoms. The lowest BCUT2D eigenvalue weighted by atomic mass is 9.85. The Morgan fingerprint density at radius 2 is 1.93 bits per heavy atom. The lowest BCUT2D eigenvalue weighted by molar-refractivity contribution is -0.281. The van der Waals surface area contributed by atoms with Crippen molar-refractivity contribution in [1.82, 2.24) is 0 Å². The molecule has 2 aliphatic rings. The van der Waals surface area contributed by atoms with E-state index in [9.17, 15) is 15.3 Å². The number of ether oxygens (including phenoxy) is 3. The summed E-state index contributed by atoms with van der Waals surface area (Å²) < 4.78 is 17.4. The summed E-state index contributed by atoms with van der Waals surface area (Å²) >= 11 is 6.44. The Balaban J connectivity index is 1.62. The maximum Gasteiger partial charge on any atom is 0.198 e. The second-order valence-corrected chi connectivity index (χ2v) is 8.05. The van der Waals surface area contributed by atoms with Crippen molar-refractivity contribution in [3.8, 4) is 5.75 Å². The molecule has 2 saturated heterocycles. The first kappa shape index (κ1) is 20.6. The van der Waals surface area contributed by atoms with Gasteiger partial charge in [-0.2, -0.15) is 0 Å². The van der Waals surface area contributed by atoms with E-state index in [4.69, 9.17) is 25.8 Å². The molecular formula is C22H25ClO6. The van der Waals surface area contributed by atoms with Crippen molar-refractivity contribution in [2.75, 3.05) is 19.8 Å². The predicted molar refractivity (Wildman–Crippen MR) is 107 cm³/mol. The van der Waals surface area contributed by atoms with Crippen LogP contribution >= 0.6 is 11.6 Å². The number of hydrogen-bond acceptors (Lipinski definition) is 6. The molecule has 0 amide bonds. The van der Waals surface area contributed by atoms with Gasteiger partial charge >= 0.3 is 0 Å². The molecule has 2 heterocycles. The summed E-state index contributed by atoms with van der Waals surface area (Å²) in [6.45, 7) is 2.11. The molecule has 0 saturated carbocycles. The smallest absolute Gasteiger partial charge is 0.198 e. The fourth-order valence-electron chi connectivity index (χ4n) is 4.08. The van der Waals surface area contributed by atoms with Gasteiger partial charge in [-0.25, -0.2) is 0 Å². The van der Waals surface area contributed by atoms with Gasteiger partial charge in [-0.1, -0.05) is 29.8 Å². The van der Waals surface area contributed by atoms with Gasteiger partial charge < -0.3 is 29.5 Å². The zero-order chi connectivity index (χ0) is 20.6. The predicted octanol–water partition coefficient (Wildman–Crippen LogP) is 2.39. The largest absolute Gasteiger partial charge is 0.494 e. The van der Waals surface area contributed by atoms with Crippen LogP contribution in [0, 0.1) is 0 Å². The Morgan fingerprint density at radius 3 is 2.62 bits per heavy atom. The van der Waals surface area contributed by atoms with Gasteiger partial charge in [-0.05, 0) is 48.7 Å². The molecule has 6 nitrogen and oxygen atoms in total. The Kier molecular flexibility index (Phi) is 5.59. The molecule has 2 aromatic rings. The van der Waals surface area contributed by atoms with Gasteiger partial charge in [0.1, 0.15) is 17.5 Å². The number of hydrogen-bond donors (Lipinski definition) is 3. The van der Waals surface area contributed by atoms with Crippen LogP contribution in [0.15, 0.2) is 42.5 Å². The standard InChI is InChI=1S/C22H25ClO6/c1-2-27-17-6-3-14(4-7-17)9-15-10-16(5-8-18(15)23)22-11-19(25)20(26)21(12-24,29-22)13-28-22/h3-8,10,19-20,24-26H,2,9,11-13H2,1H3/t19-,20+,21+,22-/m1/s1. The minimum absolute atomic E-state index is 0.00141. The zero-order valence-corrected chi connectivity index (χ0v) is 16.9. The summed E-state index contributed by atoms with van der Waals surface area (Å²) in [5.41, 5.74) is 1.33. The van der Waals surface area contributed by atoms with Crippen LogP contribution in [0.4, 0.5) is 0 Å². The Labute approximate surface area is 174 Å². The van der Waals surface area contributed by atoms with Crippen molar-refractivity contribution < 1.29 is 29.5 Å². The molecule has 3 N–H and O–H groups in total. The third-order valence-electron chi connectivity index (χ3n) is 5.68. The molecule has 2 fully saturated rings. The van der Waals surface area contributed by atoms with Gasteiger partial charge in [-0.3, -0.25) is 0 Å². The van der Waals surface area contributed by atoms with Gasteiger partial charge in [0.05, 0.1) is 25.9 Å². The molecule has 4 atom stereocenters. The van der Waals surface area contributed by atoms with Crippen molar-refractivity contribution in [3.05, 3.63) is 64.2 Å².